The Hall–Kier alpha value is -1.84. The van der Waals surface area contributed by atoms with Crippen LogP contribution in [0.5, 0.6) is 0 Å². The van der Waals surface area contributed by atoms with Crippen LogP contribution < -0.4 is 5.32 Å². The highest BCUT2D eigenvalue weighted by atomic mass is 15.3. The number of aryl methyl sites for hydroxylation is 2. The van der Waals surface area contributed by atoms with Crippen LogP contribution in [0.2, 0.25) is 0 Å². The van der Waals surface area contributed by atoms with Crippen LogP contribution in [-0.4, -0.2) is 14.8 Å². The van der Waals surface area contributed by atoms with E-state index in [0.29, 0.717) is 6.54 Å². The fraction of sp³-hybridized carbons (Fsp3) is 0.385. The monoisotopic (exact) mass is 230 g/mol. The molecule has 0 aliphatic rings. The van der Waals surface area contributed by atoms with Crippen molar-refractivity contribution in [1.29, 1.82) is 0 Å². The Balaban J connectivity index is 2.00. The predicted octanol–water partition coefficient (Wildman–Crippen LogP) is 2.30. The molecule has 0 saturated carbocycles. The minimum atomic E-state index is 0.697. The van der Waals surface area contributed by atoms with E-state index < -0.39 is 0 Å². The van der Waals surface area contributed by atoms with E-state index in [1.54, 1.807) is 0 Å². The molecule has 0 spiro atoms. The molecule has 0 atom stereocenters. The third-order valence-corrected chi connectivity index (χ3v) is 3.00. The van der Waals surface area contributed by atoms with Crippen molar-refractivity contribution in [3.63, 3.8) is 0 Å². The summed E-state index contributed by atoms with van der Waals surface area (Å²) in [6.07, 6.45) is 1.07. The number of benzene rings is 1. The van der Waals surface area contributed by atoms with Crippen molar-refractivity contribution >= 4 is 5.69 Å². The molecular formula is C13H18N4. The van der Waals surface area contributed by atoms with Crippen LogP contribution in [0.4, 0.5) is 5.69 Å². The second-order valence-electron chi connectivity index (χ2n) is 4.13. The van der Waals surface area contributed by atoms with E-state index in [9.17, 15) is 0 Å². The van der Waals surface area contributed by atoms with Crippen LogP contribution in [-0.2, 0) is 20.0 Å². The van der Waals surface area contributed by atoms with Crippen molar-refractivity contribution in [3.05, 3.63) is 41.5 Å². The Morgan fingerprint density at radius 3 is 2.41 bits per heavy atom. The first kappa shape index (κ1) is 11.6. The van der Waals surface area contributed by atoms with Crippen LogP contribution in [0, 0.1) is 6.92 Å². The van der Waals surface area contributed by atoms with Gasteiger partial charge in [0.2, 0.25) is 0 Å². The second-order valence-corrected chi connectivity index (χ2v) is 4.13. The number of aromatic nitrogens is 3. The van der Waals surface area contributed by atoms with Gasteiger partial charge in [-0.15, -0.1) is 10.2 Å². The molecule has 1 aromatic heterocycles. The topological polar surface area (TPSA) is 42.7 Å². The van der Waals surface area contributed by atoms with Crippen LogP contribution in [0.1, 0.15) is 24.1 Å². The maximum absolute atomic E-state index is 4.11. The van der Waals surface area contributed by atoms with Gasteiger partial charge in [-0.05, 0) is 31.0 Å². The molecule has 0 aliphatic carbocycles. The lowest BCUT2D eigenvalue weighted by Crippen LogP contribution is -2.06. The van der Waals surface area contributed by atoms with Gasteiger partial charge in [-0.25, -0.2) is 0 Å². The lowest BCUT2D eigenvalue weighted by Gasteiger charge is -2.06. The van der Waals surface area contributed by atoms with Crippen molar-refractivity contribution < 1.29 is 0 Å². The van der Waals surface area contributed by atoms with Gasteiger partial charge in [-0.3, -0.25) is 0 Å². The predicted molar refractivity (Wildman–Crippen MR) is 68.9 cm³/mol. The van der Waals surface area contributed by atoms with E-state index in [4.69, 9.17) is 0 Å². The zero-order chi connectivity index (χ0) is 12.3. The number of rotatable bonds is 4. The number of nitrogens with one attached hydrogen (secondary N) is 1. The fourth-order valence-corrected chi connectivity index (χ4v) is 1.64. The first-order valence-corrected chi connectivity index (χ1v) is 5.88. The van der Waals surface area contributed by atoms with Gasteiger partial charge in [0.15, 0.2) is 5.82 Å². The largest absolute Gasteiger partial charge is 0.378 e. The van der Waals surface area contributed by atoms with Gasteiger partial charge in [0.05, 0.1) is 6.54 Å². The smallest absolute Gasteiger partial charge is 0.152 e. The first-order valence-electron chi connectivity index (χ1n) is 5.88. The molecule has 0 aliphatic heterocycles. The number of anilines is 1. The molecule has 0 saturated heterocycles. The molecule has 0 fully saturated rings. The highest BCUT2D eigenvalue weighted by molar-refractivity contribution is 5.44. The maximum atomic E-state index is 4.11. The Bertz CT molecular complexity index is 485. The van der Waals surface area contributed by atoms with E-state index in [2.05, 4.69) is 46.7 Å². The van der Waals surface area contributed by atoms with Crippen LogP contribution in [0.15, 0.2) is 24.3 Å². The highest BCUT2D eigenvalue weighted by Crippen LogP contribution is 2.11. The van der Waals surface area contributed by atoms with Crippen LogP contribution >= 0.6 is 0 Å². The lowest BCUT2D eigenvalue weighted by molar-refractivity contribution is 0.789. The van der Waals surface area contributed by atoms with Gasteiger partial charge in [-0.2, -0.15) is 0 Å². The summed E-state index contributed by atoms with van der Waals surface area (Å²) in [6.45, 7) is 4.81. The molecule has 2 rings (SSSR count). The Morgan fingerprint density at radius 2 is 1.88 bits per heavy atom. The Morgan fingerprint density at radius 1 is 1.18 bits per heavy atom. The standard InChI is InChI=1S/C13H18N4/c1-4-11-5-7-12(8-6-11)14-9-13-16-15-10(2)17(13)3/h5-8,14H,4,9H2,1-3H3. The van der Waals surface area contributed by atoms with Crippen molar-refractivity contribution in [1.82, 2.24) is 14.8 Å². The van der Waals surface area contributed by atoms with Crippen molar-refractivity contribution in [2.45, 2.75) is 26.8 Å². The molecule has 0 bridgehead atoms. The molecule has 0 unspecified atom stereocenters. The molecule has 0 radical (unpaired) electrons. The van der Waals surface area contributed by atoms with Gasteiger partial charge < -0.3 is 9.88 Å². The fourth-order valence-electron chi connectivity index (χ4n) is 1.64. The molecule has 2 aromatic rings. The Kier molecular flexibility index (Phi) is 3.42. The van der Waals surface area contributed by atoms with Crippen molar-refractivity contribution in [2.24, 2.45) is 7.05 Å². The normalized spacial score (nSPS) is 10.5. The number of hydrogen-bond acceptors (Lipinski definition) is 3. The van der Waals surface area contributed by atoms with Gasteiger partial charge in [0, 0.05) is 12.7 Å². The van der Waals surface area contributed by atoms with Crippen molar-refractivity contribution in [2.75, 3.05) is 5.32 Å². The summed E-state index contributed by atoms with van der Waals surface area (Å²) >= 11 is 0. The van der Waals surface area contributed by atoms with E-state index in [1.165, 1.54) is 5.56 Å². The van der Waals surface area contributed by atoms with E-state index in [0.717, 1.165) is 23.8 Å². The SMILES string of the molecule is CCc1ccc(NCc2nnc(C)n2C)cc1. The van der Waals surface area contributed by atoms with Gasteiger partial charge in [0.25, 0.3) is 0 Å². The molecule has 4 nitrogen and oxygen atoms in total. The summed E-state index contributed by atoms with van der Waals surface area (Å²) in [4.78, 5) is 0. The van der Waals surface area contributed by atoms with Gasteiger partial charge in [-0.1, -0.05) is 19.1 Å². The molecule has 4 heteroatoms. The quantitative estimate of drug-likeness (QED) is 0.876. The van der Waals surface area contributed by atoms with Gasteiger partial charge >= 0.3 is 0 Å². The zero-order valence-electron chi connectivity index (χ0n) is 10.6. The minimum absolute atomic E-state index is 0.697. The maximum Gasteiger partial charge on any atom is 0.152 e. The summed E-state index contributed by atoms with van der Waals surface area (Å²) < 4.78 is 1.99. The number of hydrogen-bond donors (Lipinski definition) is 1. The summed E-state index contributed by atoms with van der Waals surface area (Å²) in [5.41, 5.74) is 2.47. The lowest BCUT2D eigenvalue weighted by atomic mass is 10.1. The Labute approximate surface area is 102 Å². The molecular weight excluding hydrogens is 212 g/mol. The summed E-state index contributed by atoms with van der Waals surface area (Å²) in [6, 6.07) is 8.48. The average molecular weight is 230 g/mol. The summed E-state index contributed by atoms with van der Waals surface area (Å²) in [7, 11) is 1.98. The van der Waals surface area contributed by atoms with E-state index in [1.807, 2.05) is 18.5 Å². The molecule has 90 valence electrons. The number of nitrogens with zero attached hydrogens (tertiary/aromatic N) is 3. The molecule has 1 N–H and O–H groups in total. The second kappa shape index (κ2) is 4.99. The first-order chi connectivity index (χ1) is 8.20. The van der Waals surface area contributed by atoms with Gasteiger partial charge in [0.1, 0.15) is 5.82 Å². The molecule has 17 heavy (non-hydrogen) atoms. The zero-order valence-corrected chi connectivity index (χ0v) is 10.6. The van der Waals surface area contributed by atoms with Crippen LogP contribution in [0.25, 0.3) is 0 Å². The summed E-state index contributed by atoms with van der Waals surface area (Å²) in [5.74, 6) is 1.88. The third kappa shape index (κ3) is 2.64. The minimum Gasteiger partial charge on any atom is -0.378 e. The van der Waals surface area contributed by atoms with E-state index in [-0.39, 0.29) is 0 Å². The van der Waals surface area contributed by atoms with Crippen LogP contribution in [0.3, 0.4) is 0 Å². The van der Waals surface area contributed by atoms with E-state index >= 15 is 0 Å². The molecule has 0 amide bonds. The summed E-state index contributed by atoms with van der Waals surface area (Å²) in [5, 5.41) is 11.5. The molecule has 1 aromatic carbocycles. The average Bonchev–Trinajstić information content (AvgIpc) is 2.68. The third-order valence-electron chi connectivity index (χ3n) is 3.00. The van der Waals surface area contributed by atoms with Crippen molar-refractivity contribution in [3.8, 4) is 0 Å². The molecule has 1 heterocycles. The highest BCUT2D eigenvalue weighted by Gasteiger charge is 2.03.